The molecule has 30 heavy (non-hydrogen) atoms. The summed E-state index contributed by atoms with van der Waals surface area (Å²) in [4.78, 5) is 20.5. The minimum Gasteiger partial charge on any atom is -0.368 e. The number of urea groups is 1. The summed E-state index contributed by atoms with van der Waals surface area (Å²) in [6, 6.07) is 21.5. The van der Waals surface area contributed by atoms with Crippen molar-refractivity contribution >= 4 is 33.3 Å². The van der Waals surface area contributed by atoms with Crippen LogP contribution in [0.3, 0.4) is 0 Å². The van der Waals surface area contributed by atoms with E-state index >= 15 is 0 Å². The number of carbonyl (C=O) groups excluding carboxylic acids is 1. The maximum Gasteiger partial charge on any atom is 0.313 e. The van der Waals surface area contributed by atoms with Crippen molar-refractivity contribution in [2.24, 2.45) is 5.73 Å². The van der Waals surface area contributed by atoms with Gasteiger partial charge in [0.05, 0.1) is 0 Å². The third-order valence-electron chi connectivity index (χ3n) is 5.40. The molecule has 7 heteroatoms. The number of rotatable bonds is 5. The van der Waals surface area contributed by atoms with Crippen molar-refractivity contribution in [3.05, 3.63) is 90.3 Å². The van der Waals surface area contributed by atoms with Crippen molar-refractivity contribution < 1.29 is 4.79 Å². The van der Waals surface area contributed by atoms with E-state index in [4.69, 9.17) is 5.73 Å². The highest BCUT2D eigenvalue weighted by Crippen LogP contribution is 2.36. The summed E-state index contributed by atoms with van der Waals surface area (Å²) in [5.41, 5.74) is 9.65. The summed E-state index contributed by atoms with van der Waals surface area (Å²) < 4.78 is -0.876. The number of piperazine rings is 1. The highest BCUT2D eigenvalue weighted by Gasteiger charge is 2.32. The standard InChI is InChI=1S/C23H24BrN5O/c24-23(27-22(25)30,18-4-2-1-3-5-18)19-6-8-20(9-7-19)28-14-16-29(17-15-28)21-10-12-26-13-11-21/h1-13H,14-17H2,(H3,25,27,30). The number of hydrogen-bond acceptors (Lipinski definition) is 4. The van der Waals surface area contributed by atoms with Crippen LogP contribution < -0.4 is 20.9 Å². The lowest BCUT2D eigenvalue weighted by Gasteiger charge is -2.37. The van der Waals surface area contributed by atoms with Gasteiger partial charge in [0.25, 0.3) is 0 Å². The number of aromatic nitrogens is 1. The van der Waals surface area contributed by atoms with Crippen molar-refractivity contribution in [1.29, 1.82) is 0 Å². The van der Waals surface area contributed by atoms with E-state index in [9.17, 15) is 4.79 Å². The number of halogens is 1. The number of carbonyl (C=O) groups is 1. The largest absolute Gasteiger partial charge is 0.368 e. The summed E-state index contributed by atoms with van der Waals surface area (Å²) in [5.74, 6) is 0. The number of amides is 2. The van der Waals surface area contributed by atoms with Gasteiger partial charge >= 0.3 is 6.03 Å². The molecule has 4 rings (SSSR count). The van der Waals surface area contributed by atoms with Gasteiger partial charge in [-0.2, -0.15) is 0 Å². The Labute approximate surface area is 184 Å². The van der Waals surface area contributed by atoms with Gasteiger partial charge in [-0.05, 0) is 35.4 Å². The number of nitrogens with zero attached hydrogens (tertiary/aromatic N) is 3. The van der Waals surface area contributed by atoms with Gasteiger partial charge in [-0.3, -0.25) is 4.98 Å². The lowest BCUT2D eigenvalue weighted by atomic mass is 9.98. The van der Waals surface area contributed by atoms with Crippen LogP contribution in [0, 0.1) is 0 Å². The van der Waals surface area contributed by atoms with E-state index in [-0.39, 0.29) is 0 Å². The Morgan fingerprint density at radius 2 is 1.33 bits per heavy atom. The van der Waals surface area contributed by atoms with Crippen LogP contribution in [0.1, 0.15) is 11.1 Å². The maximum atomic E-state index is 11.7. The van der Waals surface area contributed by atoms with Crippen molar-refractivity contribution in [2.45, 2.75) is 4.45 Å². The lowest BCUT2D eigenvalue weighted by Crippen LogP contribution is -2.46. The number of hydrogen-bond donors (Lipinski definition) is 2. The van der Waals surface area contributed by atoms with Gasteiger partial charge in [0.1, 0.15) is 4.45 Å². The van der Waals surface area contributed by atoms with E-state index in [2.05, 4.69) is 60.3 Å². The predicted molar refractivity (Wildman–Crippen MR) is 124 cm³/mol. The van der Waals surface area contributed by atoms with Crippen LogP contribution in [0.4, 0.5) is 16.2 Å². The number of primary amides is 1. The molecule has 1 unspecified atom stereocenters. The highest BCUT2D eigenvalue weighted by atomic mass is 79.9. The molecule has 1 aromatic heterocycles. The van der Waals surface area contributed by atoms with Gasteiger partial charge in [0.15, 0.2) is 0 Å². The van der Waals surface area contributed by atoms with Gasteiger partial charge in [0.2, 0.25) is 0 Å². The topological polar surface area (TPSA) is 74.5 Å². The molecule has 0 aliphatic carbocycles. The molecule has 0 spiro atoms. The average Bonchev–Trinajstić information content (AvgIpc) is 2.80. The highest BCUT2D eigenvalue weighted by molar-refractivity contribution is 9.09. The van der Waals surface area contributed by atoms with Crippen molar-refractivity contribution in [3.8, 4) is 0 Å². The molecular formula is C23H24BrN5O. The monoisotopic (exact) mass is 465 g/mol. The SMILES string of the molecule is NC(=O)NC(Br)(c1ccccc1)c1ccc(N2CCN(c3ccncc3)CC2)cc1. The first-order valence-corrected chi connectivity index (χ1v) is 10.7. The molecule has 0 bridgehead atoms. The van der Waals surface area contributed by atoms with Crippen LogP contribution in [-0.4, -0.2) is 37.2 Å². The predicted octanol–water partition coefficient (Wildman–Crippen LogP) is 3.67. The molecule has 1 fully saturated rings. The van der Waals surface area contributed by atoms with E-state index in [1.54, 1.807) is 0 Å². The second kappa shape index (κ2) is 8.75. The maximum absolute atomic E-state index is 11.7. The van der Waals surface area contributed by atoms with Gasteiger partial charge in [-0.1, -0.05) is 58.4 Å². The Balaban J connectivity index is 1.50. The summed E-state index contributed by atoms with van der Waals surface area (Å²) >= 11 is 3.72. The van der Waals surface area contributed by atoms with E-state index < -0.39 is 10.5 Å². The van der Waals surface area contributed by atoms with Crippen LogP contribution in [0.5, 0.6) is 0 Å². The Kier molecular flexibility index (Phi) is 5.90. The number of nitrogens with one attached hydrogen (secondary N) is 1. The Hall–Kier alpha value is -3.06. The fourth-order valence-corrected chi connectivity index (χ4v) is 4.55. The average molecular weight is 466 g/mol. The molecule has 3 aromatic rings. The van der Waals surface area contributed by atoms with E-state index in [1.165, 1.54) is 5.69 Å². The molecule has 6 nitrogen and oxygen atoms in total. The smallest absolute Gasteiger partial charge is 0.313 e. The fraction of sp³-hybridized carbons (Fsp3) is 0.217. The third kappa shape index (κ3) is 4.26. The Morgan fingerprint density at radius 3 is 1.87 bits per heavy atom. The minimum atomic E-state index is -0.876. The first kappa shape index (κ1) is 20.2. The van der Waals surface area contributed by atoms with Gasteiger partial charge < -0.3 is 20.9 Å². The molecular weight excluding hydrogens is 442 g/mol. The zero-order valence-corrected chi connectivity index (χ0v) is 18.1. The number of benzene rings is 2. The molecule has 3 N–H and O–H groups in total. The molecule has 2 aromatic carbocycles. The Bertz CT molecular complexity index is 975. The molecule has 1 atom stereocenters. The Morgan fingerprint density at radius 1 is 0.833 bits per heavy atom. The zero-order chi connectivity index (χ0) is 21.0. The van der Waals surface area contributed by atoms with Crippen LogP contribution in [0.15, 0.2) is 79.1 Å². The van der Waals surface area contributed by atoms with Gasteiger partial charge in [-0.15, -0.1) is 0 Å². The summed E-state index contributed by atoms with van der Waals surface area (Å²) in [5, 5.41) is 2.84. The normalized spacial score (nSPS) is 16.0. The molecule has 2 amide bonds. The molecule has 1 aliphatic heterocycles. The van der Waals surface area contributed by atoms with Crippen LogP contribution in [0.2, 0.25) is 0 Å². The lowest BCUT2D eigenvalue weighted by molar-refractivity contribution is 0.245. The summed E-state index contributed by atoms with van der Waals surface area (Å²) in [7, 11) is 0. The molecule has 1 aliphatic rings. The number of anilines is 2. The fourth-order valence-electron chi connectivity index (χ4n) is 3.83. The summed E-state index contributed by atoms with van der Waals surface area (Å²) in [6.45, 7) is 3.81. The minimum absolute atomic E-state index is 0.591. The van der Waals surface area contributed by atoms with Crippen molar-refractivity contribution in [3.63, 3.8) is 0 Å². The van der Waals surface area contributed by atoms with Crippen LogP contribution in [0.25, 0.3) is 0 Å². The molecule has 2 heterocycles. The van der Waals surface area contributed by atoms with E-state index in [1.807, 2.05) is 54.9 Å². The van der Waals surface area contributed by atoms with Crippen molar-refractivity contribution in [2.75, 3.05) is 36.0 Å². The van der Waals surface area contributed by atoms with Crippen molar-refractivity contribution in [1.82, 2.24) is 10.3 Å². The summed E-state index contributed by atoms with van der Waals surface area (Å²) in [6.07, 6.45) is 3.67. The quantitative estimate of drug-likeness (QED) is 0.445. The third-order valence-corrected chi connectivity index (χ3v) is 6.52. The first-order chi connectivity index (χ1) is 14.6. The van der Waals surface area contributed by atoms with Gasteiger partial charge in [-0.25, -0.2) is 4.79 Å². The molecule has 0 saturated carbocycles. The van der Waals surface area contributed by atoms with E-state index in [0.717, 1.165) is 43.0 Å². The zero-order valence-electron chi connectivity index (χ0n) is 16.5. The molecule has 0 radical (unpaired) electrons. The van der Waals surface area contributed by atoms with Gasteiger partial charge in [0, 0.05) is 49.9 Å². The van der Waals surface area contributed by atoms with Crippen LogP contribution >= 0.6 is 15.9 Å². The molecule has 154 valence electrons. The van der Waals surface area contributed by atoms with Crippen LogP contribution in [-0.2, 0) is 4.45 Å². The second-order valence-electron chi connectivity index (χ2n) is 7.24. The molecule has 1 saturated heterocycles. The first-order valence-electron chi connectivity index (χ1n) is 9.89. The number of alkyl halides is 1. The second-order valence-corrected chi connectivity index (χ2v) is 8.43. The van der Waals surface area contributed by atoms with E-state index in [0.29, 0.717) is 0 Å². The number of nitrogens with two attached hydrogens (primary N) is 1. The number of pyridine rings is 1.